The van der Waals surface area contributed by atoms with Gasteiger partial charge >= 0.3 is 6.03 Å². The van der Waals surface area contributed by atoms with E-state index in [1.807, 2.05) is 29.7 Å². The zero-order valence-electron chi connectivity index (χ0n) is 17.3. The molecule has 0 radical (unpaired) electrons. The summed E-state index contributed by atoms with van der Waals surface area (Å²) in [7, 11) is 0. The fourth-order valence-electron chi connectivity index (χ4n) is 2.82. The van der Waals surface area contributed by atoms with Crippen LogP contribution < -0.4 is 25.4 Å². The first-order valence-corrected chi connectivity index (χ1v) is 10.4. The van der Waals surface area contributed by atoms with Crippen LogP contribution in [0.1, 0.15) is 18.1 Å². The third kappa shape index (κ3) is 5.73. The minimum atomic E-state index is -0.874. The molecular weight excluding hydrogens is 482 g/mol. The average molecular weight is 502 g/mol. The Morgan fingerprint density at radius 2 is 1.72 bits per heavy atom. The number of carbonyl (C=O) groups excluding carboxylic acids is 4. The van der Waals surface area contributed by atoms with Gasteiger partial charge in [0.1, 0.15) is 5.57 Å². The largest absolute Gasteiger partial charge is 0.490 e. The second kappa shape index (κ2) is 10.1. The van der Waals surface area contributed by atoms with Crippen molar-refractivity contribution in [2.75, 3.05) is 18.5 Å². The van der Waals surface area contributed by atoms with Crippen molar-refractivity contribution in [1.29, 1.82) is 0 Å². The predicted molar refractivity (Wildman–Crippen MR) is 120 cm³/mol. The topological polar surface area (TPSA) is 123 Å². The lowest BCUT2D eigenvalue weighted by Crippen LogP contribution is -2.51. The minimum Gasteiger partial charge on any atom is -0.490 e. The highest BCUT2D eigenvalue weighted by Gasteiger charge is 2.28. The molecule has 166 valence electrons. The maximum atomic E-state index is 12.3. The molecule has 9 nitrogen and oxygen atoms in total. The molecule has 3 rings (SSSR count). The summed E-state index contributed by atoms with van der Waals surface area (Å²) in [5, 5.41) is 6.77. The first-order valence-electron chi connectivity index (χ1n) is 9.61. The second-order valence-corrected chi connectivity index (χ2v) is 7.62. The first kappa shape index (κ1) is 23.0. The number of halogens is 1. The molecule has 32 heavy (non-hydrogen) atoms. The third-order valence-electron chi connectivity index (χ3n) is 4.27. The number of barbiturate groups is 1. The monoisotopic (exact) mass is 501 g/mol. The molecule has 0 aromatic heterocycles. The Balaban J connectivity index is 1.78. The number of carbonyl (C=O) groups is 4. The zero-order valence-corrected chi connectivity index (χ0v) is 18.9. The third-order valence-corrected chi connectivity index (χ3v) is 4.86. The van der Waals surface area contributed by atoms with Gasteiger partial charge in [0.15, 0.2) is 18.1 Å². The normalized spacial score (nSPS) is 13.2. The lowest BCUT2D eigenvalue weighted by atomic mass is 10.1. The summed E-state index contributed by atoms with van der Waals surface area (Å²) in [4.78, 5) is 47.4. The van der Waals surface area contributed by atoms with Crippen LogP contribution >= 0.6 is 15.9 Å². The molecule has 0 aliphatic carbocycles. The molecule has 1 heterocycles. The Kier molecular flexibility index (Phi) is 7.26. The highest BCUT2D eigenvalue weighted by molar-refractivity contribution is 9.10. The molecule has 1 fully saturated rings. The van der Waals surface area contributed by atoms with Gasteiger partial charge in [-0.15, -0.1) is 0 Å². The highest BCUT2D eigenvalue weighted by Crippen LogP contribution is 2.37. The van der Waals surface area contributed by atoms with Crippen LogP contribution in [0.3, 0.4) is 0 Å². The van der Waals surface area contributed by atoms with E-state index in [0.717, 1.165) is 5.56 Å². The van der Waals surface area contributed by atoms with Gasteiger partial charge in [-0.2, -0.15) is 0 Å². The standard InChI is InChI=1S/C22H20BrN3O6/c1-3-31-17-10-13(8-15-20(28)25-22(30)26-21(15)29)9-16(23)19(17)32-11-18(27)24-14-6-4-12(2)5-7-14/h4-10H,3,11H2,1-2H3,(H,24,27)(H2,25,26,28,29,30). The van der Waals surface area contributed by atoms with Crippen molar-refractivity contribution in [2.45, 2.75) is 13.8 Å². The average Bonchev–Trinajstić information content (AvgIpc) is 2.72. The molecule has 10 heteroatoms. The number of hydrogen-bond acceptors (Lipinski definition) is 6. The Labute approximate surface area is 192 Å². The number of benzene rings is 2. The summed E-state index contributed by atoms with van der Waals surface area (Å²) in [6, 6.07) is 9.64. The van der Waals surface area contributed by atoms with Gasteiger partial charge in [0.2, 0.25) is 0 Å². The first-order chi connectivity index (χ1) is 15.3. The summed E-state index contributed by atoms with van der Waals surface area (Å²) >= 11 is 3.38. The fourth-order valence-corrected chi connectivity index (χ4v) is 3.39. The van der Waals surface area contributed by atoms with Crippen LogP contribution in [0, 0.1) is 6.92 Å². The molecular formula is C22H20BrN3O6. The van der Waals surface area contributed by atoms with Gasteiger partial charge in [-0.25, -0.2) is 4.79 Å². The second-order valence-electron chi connectivity index (χ2n) is 6.76. The molecule has 0 bridgehead atoms. The van der Waals surface area contributed by atoms with Gasteiger partial charge in [0.25, 0.3) is 17.7 Å². The van der Waals surface area contributed by atoms with Gasteiger partial charge < -0.3 is 14.8 Å². The Morgan fingerprint density at radius 1 is 1.06 bits per heavy atom. The van der Waals surface area contributed by atoms with Gasteiger partial charge in [0, 0.05) is 5.69 Å². The van der Waals surface area contributed by atoms with Crippen molar-refractivity contribution in [3.8, 4) is 11.5 Å². The van der Waals surface area contributed by atoms with Crippen LogP contribution in [0.4, 0.5) is 10.5 Å². The Morgan fingerprint density at radius 3 is 2.34 bits per heavy atom. The SMILES string of the molecule is CCOc1cc(C=C2C(=O)NC(=O)NC2=O)cc(Br)c1OCC(=O)Nc1ccc(C)cc1. The zero-order chi connectivity index (χ0) is 23.3. The highest BCUT2D eigenvalue weighted by atomic mass is 79.9. The van der Waals surface area contributed by atoms with E-state index in [1.54, 1.807) is 31.2 Å². The van der Waals surface area contributed by atoms with Crippen LogP contribution in [0.2, 0.25) is 0 Å². The predicted octanol–water partition coefficient (Wildman–Crippen LogP) is 2.92. The van der Waals surface area contributed by atoms with E-state index in [-0.39, 0.29) is 18.1 Å². The molecule has 0 saturated carbocycles. The lowest BCUT2D eigenvalue weighted by Gasteiger charge is -2.16. The lowest BCUT2D eigenvalue weighted by molar-refractivity contribution is -0.124. The molecule has 0 unspecified atom stereocenters. The van der Waals surface area contributed by atoms with E-state index < -0.39 is 17.8 Å². The molecule has 1 saturated heterocycles. The van der Waals surface area contributed by atoms with Crippen LogP contribution in [-0.2, 0) is 14.4 Å². The van der Waals surface area contributed by atoms with Crippen molar-refractivity contribution in [3.63, 3.8) is 0 Å². The van der Waals surface area contributed by atoms with E-state index in [9.17, 15) is 19.2 Å². The number of imide groups is 2. The quantitative estimate of drug-likeness (QED) is 0.395. The summed E-state index contributed by atoms with van der Waals surface area (Å²) in [5.41, 5.74) is 1.95. The molecule has 0 spiro atoms. The molecule has 5 amide bonds. The van der Waals surface area contributed by atoms with Gasteiger partial charge in [-0.3, -0.25) is 25.0 Å². The van der Waals surface area contributed by atoms with E-state index in [0.29, 0.717) is 33.8 Å². The number of aryl methyl sites for hydroxylation is 1. The van der Waals surface area contributed by atoms with Crippen molar-refractivity contribution < 1.29 is 28.7 Å². The fraction of sp³-hybridized carbons (Fsp3) is 0.182. The van der Waals surface area contributed by atoms with Gasteiger partial charge in [-0.05, 0) is 65.7 Å². The molecule has 2 aromatic carbocycles. The number of rotatable bonds is 7. The maximum absolute atomic E-state index is 12.3. The number of amides is 5. The maximum Gasteiger partial charge on any atom is 0.328 e. The molecule has 2 aromatic rings. The number of nitrogens with one attached hydrogen (secondary N) is 3. The van der Waals surface area contributed by atoms with Gasteiger partial charge in [-0.1, -0.05) is 17.7 Å². The van der Waals surface area contributed by atoms with Crippen molar-refractivity contribution in [2.24, 2.45) is 0 Å². The molecule has 3 N–H and O–H groups in total. The Hall–Kier alpha value is -3.66. The van der Waals surface area contributed by atoms with Crippen molar-refractivity contribution >= 4 is 51.4 Å². The number of ether oxygens (including phenoxy) is 2. The van der Waals surface area contributed by atoms with E-state index in [4.69, 9.17) is 9.47 Å². The number of hydrogen-bond donors (Lipinski definition) is 3. The van der Waals surface area contributed by atoms with E-state index in [1.165, 1.54) is 6.08 Å². The van der Waals surface area contributed by atoms with E-state index in [2.05, 4.69) is 21.2 Å². The minimum absolute atomic E-state index is 0.231. The Bertz CT molecular complexity index is 1090. The summed E-state index contributed by atoms with van der Waals surface area (Å²) in [5.74, 6) is -1.36. The number of anilines is 1. The van der Waals surface area contributed by atoms with Crippen LogP contribution in [0.5, 0.6) is 11.5 Å². The van der Waals surface area contributed by atoms with Crippen LogP contribution in [0.15, 0.2) is 46.4 Å². The van der Waals surface area contributed by atoms with Crippen molar-refractivity contribution in [3.05, 3.63) is 57.6 Å². The van der Waals surface area contributed by atoms with E-state index >= 15 is 0 Å². The molecule has 0 atom stereocenters. The van der Waals surface area contributed by atoms with Crippen LogP contribution in [0.25, 0.3) is 6.08 Å². The van der Waals surface area contributed by atoms with Crippen LogP contribution in [-0.4, -0.2) is 37.0 Å². The number of urea groups is 1. The van der Waals surface area contributed by atoms with Crippen molar-refractivity contribution in [1.82, 2.24) is 10.6 Å². The summed E-state index contributed by atoms with van der Waals surface area (Å²) in [6.45, 7) is 3.78. The summed E-state index contributed by atoms with van der Waals surface area (Å²) < 4.78 is 11.7. The smallest absolute Gasteiger partial charge is 0.328 e. The van der Waals surface area contributed by atoms with Gasteiger partial charge in [0.05, 0.1) is 11.1 Å². The summed E-state index contributed by atoms with van der Waals surface area (Å²) in [6.07, 6.45) is 1.32. The molecule has 1 aliphatic heterocycles. The molecule has 1 aliphatic rings.